The molecular weight excluding hydrogens is 637 g/mol. The molecular formula is C36H70NO10P. The van der Waals surface area contributed by atoms with Crippen molar-refractivity contribution in [2.75, 3.05) is 19.8 Å². The van der Waals surface area contributed by atoms with E-state index >= 15 is 0 Å². The zero-order valence-electron chi connectivity index (χ0n) is 30.3. The highest BCUT2D eigenvalue weighted by atomic mass is 31.2. The highest BCUT2D eigenvalue weighted by Gasteiger charge is 2.28. The smallest absolute Gasteiger partial charge is 0.472 e. The number of carbonyl (C=O) groups is 3. The van der Waals surface area contributed by atoms with E-state index in [0.29, 0.717) is 12.8 Å². The van der Waals surface area contributed by atoms with Crippen LogP contribution in [0.3, 0.4) is 0 Å². The molecule has 0 saturated heterocycles. The molecule has 3 unspecified atom stereocenters. The quantitative estimate of drug-likeness (QED) is 0.0281. The zero-order chi connectivity index (χ0) is 35.7. The van der Waals surface area contributed by atoms with E-state index in [1.165, 1.54) is 96.3 Å². The Balaban J connectivity index is 3.86. The van der Waals surface area contributed by atoms with E-state index in [0.717, 1.165) is 44.9 Å². The molecule has 1 amide bonds. The maximum Gasteiger partial charge on any atom is 0.472 e. The van der Waals surface area contributed by atoms with Crippen molar-refractivity contribution in [3.8, 4) is 0 Å². The van der Waals surface area contributed by atoms with Gasteiger partial charge in [-0.05, 0) is 12.8 Å². The number of hydrogen-bond donors (Lipinski definition) is 4. The first-order valence-corrected chi connectivity index (χ1v) is 20.6. The van der Waals surface area contributed by atoms with Crippen LogP contribution in [0.5, 0.6) is 0 Å². The summed E-state index contributed by atoms with van der Waals surface area (Å²) < 4.78 is 26.5. The summed E-state index contributed by atoms with van der Waals surface area (Å²) in [7, 11) is -4.73. The van der Waals surface area contributed by atoms with E-state index in [2.05, 4.69) is 19.2 Å². The number of hydrogen-bond acceptors (Lipinski definition) is 8. The summed E-state index contributed by atoms with van der Waals surface area (Å²) in [6, 6.07) is -1.54. The highest BCUT2D eigenvalue weighted by molar-refractivity contribution is 7.47. The largest absolute Gasteiger partial charge is 0.480 e. The molecule has 4 N–H and O–H groups in total. The lowest BCUT2D eigenvalue weighted by Gasteiger charge is -2.18. The molecule has 12 heteroatoms. The lowest BCUT2D eigenvalue weighted by Crippen LogP contribution is -2.43. The number of aliphatic hydroxyl groups is 1. The van der Waals surface area contributed by atoms with Gasteiger partial charge in [-0.15, -0.1) is 0 Å². The average molecular weight is 708 g/mol. The Labute approximate surface area is 291 Å². The number of carbonyl (C=O) groups excluding carboxylic acids is 2. The molecule has 0 aliphatic heterocycles. The fraction of sp³-hybridized carbons (Fsp3) is 0.917. The summed E-state index contributed by atoms with van der Waals surface area (Å²) in [6.45, 7) is 2.48. The number of aliphatic hydroxyl groups excluding tert-OH is 1. The van der Waals surface area contributed by atoms with Gasteiger partial charge in [0, 0.05) is 12.8 Å². The van der Waals surface area contributed by atoms with Crippen LogP contribution < -0.4 is 5.32 Å². The molecule has 0 heterocycles. The zero-order valence-corrected chi connectivity index (χ0v) is 31.2. The van der Waals surface area contributed by atoms with Crippen LogP contribution in [0.1, 0.15) is 181 Å². The monoisotopic (exact) mass is 707 g/mol. The van der Waals surface area contributed by atoms with E-state index in [4.69, 9.17) is 13.8 Å². The number of nitrogens with one attached hydrogen (secondary N) is 1. The van der Waals surface area contributed by atoms with Crippen molar-refractivity contribution < 1.29 is 47.8 Å². The third-order valence-electron chi connectivity index (χ3n) is 8.40. The second-order valence-electron chi connectivity index (χ2n) is 13.1. The van der Waals surface area contributed by atoms with Gasteiger partial charge in [0.2, 0.25) is 5.91 Å². The molecule has 48 heavy (non-hydrogen) atoms. The predicted molar refractivity (Wildman–Crippen MR) is 190 cm³/mol. The summed E-state index contributed by atoms with van der Waals surface area (Å²) in [5.74, 6) is -2.37. The minimum Gasteiger partial charge on any atom is -0.480 e. The minimum atomic E-state index is -4.73. The maximum absolute atomic E-state index is 12.3. The van der Waals surface area contributed by atoms with Crippen LogP contribution in [0.2, 0.25) is 0 Å². The van der Waals surface area contributed by atoms with Crippen molar-refractivity contribution in [2.45, 2.75) is 193 Å². The van der Waals surface area contributed by atoms with E-state index in [1.54, 1.807) is 0 Å². The molecule has 0 aromatic heterocycles. The molecule has 0 radical (unpaired) electrons. The van der Waals surface area contributed by atoms with Gasteiger partial charge >= 0.3 is 19.8 Å². The second kappa shape index (κ2) is 32.7. The van der Waals surface area contributed by atoms with Gasteiger partial charge in [-0.25, -0.2) is 9.36 Å². The van der Waals surface area contributed by atoms with Gasteiger partial charge in [0.25, 0.3) is 0 Å². The number of unbranched alkanes of at least 4 members (excludes halogenated alkanes) is 22. The Morgan fingerprint density at radius 2 is 0.958 bits per heavy atom. The van der Waals surface area contributed by atoms with Crippen LogP contribution in [0, 0.1) is 0 Å². The molecule has 11 nitrogen and oxygen atoms in total. The average Bonchev–Trinajstić information content (AvgIpc) is 3.05. The Bertz CT molecular complexity index is 844. The molecule has 0 bridgehead atoms. The van der Waals surface area contributed by atoms with Crippen molar-refractivity contribution >= 4 is 25.7 Å². The molecule has 0 aliphatic carbocycles. The van der Waals surface area contributed by atoms with E-state index in [-0.39, 0.29) is 12.8 Å². The SMILES string of the molecule is CCCCCCCCCCCCCCCCCCCCCC(=O)NC(COP(=O)(O)OCC(O)COC(=O)CCCCCCC)C(=O)O. The van der Waals surface area contributed by atoms with Crippen LogP contribution >= 0.6 is 7.82 Å². The first-order valence-electron chi connectivity index (χ1n) is 19.1. The van der Waals surface area contributed by atoms with Crippen LogP contribution in [-0.2, 0) is 32.7 Å². The van der Waals surface area contributed by atoms with Gasteiger partial charge in [0.05, 0.1) is 13.2 Å². The van der Waals surface area contributed by atoms with Crippen LogP contribution in [0.15, 0.2) is 0 Å². The van der Waals surface area contributed by atoms with Gasteiger partial charge in [-0.1, -0.05) is 155 Å². The van der Waals surface area contributed by atoms with Crippen molar-refractivity contribution in [2.24, 2.45) is 0 Å². The van der Waals surface area contributed by atoms with E-state index < -0.39 is 57.6 Å². The fourth-order valence-electron chi connectivity index (χ4n) is 5.37. The number of ether oxygens (including phenoxy) is 1. The predicted octanol–water partition coefficient (Wildman–Crippen LogP) is 8.78. The Hall–Kier alpha value is -1.52. The van der Waals surface area contributed by atoms with Crippen LogP contribution in [0.4, 0.5) is 0 Å². The highest BCUT2D eigenvalue weighted by Crippen LogP contribution is 2.43. The maximum atomic E-state index is 12.3. The van der Waals surface area contributed by atoms with Crippen LogP contribution in [-0.4, -0.2) is 64.9 Å². The third-order valence-corrected chi connectivity index (χ3v) is 9.35. The first-order chi connectivity index (χ1) is 23.1. The van der Waals surface area contributed by atoms with Gasteiger partial charge < -0.3 is 25.2 Å². The van der Waals surface area contributed by atoms with Crippen molar-refractivity contribution in [1.82, 2.24) is 5.32 Å². The topological polar surface area (TPSA) is 169 Å². The standard InChI is InChI=1S/C36H70NO10P/c1-3-5-7-9-10-11-12-13-14-15-16-17-18-19-20-21-22-24-25-27-34(39)37-33(36(41)42)31-47-48(43,44)46-30-32(38)29-45-35(40)28-26-23-8-6-4-2/h32-33,38H,3-31H2,1-2H3,(H,37,39)(H,41,42)(H,43,44). The summed E-state index contributed by atoms with van der Waals surface area (Å²) in [5, 5.41) is 21.6. The lowest BCUT2D eigenvalue weighted by molar-refractivity contribution is -0.147. The van der Waals surface area contributed by atoms with Crippen molar-refractivity contribution in [1.29, 1.82) is 0 Å². The van der Waals surface area contributed by atoms with Crippen molar-refractivity contribution in [3.05, 3.63) is 0 Å². The van der Waals surface area contributed by atoms with Crippen LogP contribution in [0.25, 0.3) is 0 Å². The summed E-state index contributed by atoms with van der Waals surface area (Å²) >= 11 is 0. The number of carboxylic acids is 1. The number of phosphoric ester groups is 1. The van der Waals surface area contributed by atoms with Gasteiger partial charge in [0.15, 0.2) is 6.04 Å². The molecule has 0 saturated carbocycles. The normalized spacial score (nSPS) is 13.9. The molecule has 0 aromatic rings. The lowest BCUT2D eigenvalue weighted by atomic mass is 10.0. The second-order valence-corrected chi connectivity index (χ2v) is 14.6. The molecule has 3 atom stereocenters. The van der Waals surface area contributed by atoms with Gasteiger partial charge in [0.1, 0.15) is 12.7 Å². The molecule has 0 spiro atoms. The number of aliphatic carboxylic acids is 1. The molecule has 0 rings (SSSR count). The molecule has 0 fully saturated rings. The first kappa shape index (κ1) is 46.5. The Morgan fingerprint density at radius 1 is 0.583 bits per heavy atom. The molecule has 0 aliphatic rings. The van der Waals surface area contributed by atoms with Crippen molar-refractivity contribution in [3.63, 3.8) is 0 Å². The summed E-state index contributed by atoms with van der Waals surface area (Å²) in [6.07, 6.45) is 27.6. The molecule has 284 valence electrons. The number of amides is 1. The number of esters is 1. The van der Waals surface area contributed by atoms with Gasteiger partial charge in [-0.2, -0.15) is 0 Å². The fourth-order valence-corrected chi connectivity index (χ4v) is 6.15. The number of carboxylic acid groups (broad SMARTS) is 1. The number of rotatable bonds is 36. The number of phosphoric acid groups is 1. The minimum absolute atomic E-state index is 0.152. The Morgan fingerprint density at radius 3 is 1.38 bits per heavy atom. The van der Waals surface area contributed by atoms with Gasteiger partial charge in [-0.3, -0.25) is 18.6 Å². The Kier molecular flexibility index (Phi) is 31.6. The van der Waals surface area contributed by atoms with E-state index in [1.807, 2.05) is 0 Å². The summed E-state index contributed by atoms with van der Waals surface area (Å²) in [4.78, 5) is 45.4. The molecule has 0 aromatic carbocycles. The summed E-state index contributed by atoms with van der Waals surface area (Å²) in [5.41, 5.74) is 0. The van der Waals surface area contributed by atoms with E-state index in [9.17, 15) is 34.1 Å². The third kappa shape index (κ3) is 31.7.